The number of hydrogen-bond donors (Lipinski definition) is 0. The molecule has 0 radical (unpaired) electrons. The lowest BCUT2D eigenvalue weighted by atomic mass is 10.1. The van der Waals surface area contributed by atoms with Crippen LogP contribution in [0.15, 0.2) is 22.7 Å². The topological polar surface area (TPSA) is 21.7 Å². The van der Waals surface area contributed by atoms with Gasteiger partial charge in [-0.25, -0.2) is 0 Å². The lowest BCUT2D eigenvalue weighted by molar-refractivity contribution is 0.0351. The summed E-state index contributed by atoms with van der Waals surface area (Å²) in [4.78, 5) is 2.50. The van der Waals surface area contributed by atoms with Crippen LogP contribution in [-0.4, -0.2) is 37.7 Å². The third-order valence-electron chi connectivity index (χ3n) is 4.12. The smallest absolute Gasteiger partial charge is 0.126 e. The summed E-state index contributed by atoms with van der Waals surface area (Å²) in [6.45, 7) is 5.14. The standard InChI is InChI=1S/C16H22BrNO2/c17-13-5-6-14-15(4-3-10-19-16(14)12-13)20-11-9-18-7-1-2-8-18/h5-6,12,15H,1-4,7-11H2. The van der Waals surface area contributed by atoms with E-state index in [1.54, 1.807) is 0 Å². The molecule has 2 heterocycles. The summed E-state index contributed by atoms with van der Waals surface area (Å²) in [5, 5.41) is 0. The Hall–Kier alpha value is -0.580. The summed E-state index contributed by atoms with van der Waals surface area (Å²) >= 11 is 3.51. The summed E-state index contributed by atoms with van der Waals surface area (Å²) in [5.74, 6) is 0.975. The van der Waals surface area contributed by atoms with Crippen molar-refractivity contribution >= 4 is 15.9 Å². The Bertz CT molecular complexity index is 446. The van der Waals surface area contributed by atoms with Crippen LogP contribution in [0.2, 0.25) is 0 Å². The van der Waals surface area contributed by atoms with Gasteiger partial charge in [0, 0.05) is 16.6 Å². The molecule has 0 spiro atoms. The van der Waals surface area contributed by atoms with Gasteiger partial charge in [-0.05, 0) is 50.9 Å². The van der Waals surface area contributed by atoms with Crippen LogP contribution in [-0.2, 0) is 4.74 Å². The fraction of sp³-hybridized carbons (Fsp3) is 0.625. The molecule has 2 aliphatic heterocycles. The molecule has 110 valence electrons. The first-order chi connectivity index (χ1) is 9.83. The zero-order valence-corrected chi connectivity index (χ0v) is 13.4. The number of nitrogens with zero attached hydrogens (tertiary/aromatic N) is 1. The number of fused-ring (bicyclic) bond motifs is 1. The minimum absolute atomic E-state index is 0.184. The van der Waals surface area contributed by atoms with E-state index in [4.69, 9.17) is 9.47 Å². The quantitative estimate of drug-likeness (QED) is 0.833. The van der Waals surface area contributed by atoms with Gasteiger partial charge in [-0.3, -0.25) is 0 Å². The molecule has 1 aromatic carbocycles. The van der Waals surface area contributed by atoms with E-state index in [9.17, 15) is 0 Å². The average Bonchev–Trinajstić information content (AvgIpc) is 2.87. The highest BCUT2D eigenvalue weighted by molar-refractivity contribution is 9.10. The molecule has 0 bridgehead atoms. The van der Waals surface area contributed by atoms with Crippen molar-refractivity contribution in [3.05, 3.63) is 28.2 Å². The van der Waals surface area contributed by atoms with Crippen molar-refractivity contribution in [2.75, 3.05) is 32.8 Å². The van der Waals surface area contributed by atoms with Crippen molar-refractivity contribution in [2.45, 2.75) is 31.8 Å². The Balaban J connectivity index is 1.60. The molecular weight excluding hydrogens is 318 g/mol. The Labute approximate surface area is 129 Å². The number of hydrogen-bond acceptors (Lipinski definition) is 3. The first-order valence-corrected chi connectivity index (χ1v) is 8.38. The molecule has 3 rings (SSSR count). The first kappa shape index (κ1) is 14.4. The Morgan fingerprint density at radius 3 is 2.95 bits per heavy atom. The van der Waals surface area contributed by atoms with E-state index in [1.807, 2.05) is 0 Å². The maximum Gasteiger partial charge on any atom is 0.126 e. The van der Waals surface area contributed by atoms with Gasteiger partial charge in [0.15, 0.2) is 0 Å². The lowest BCUT2D eigenvalue weighted by Crippen LogP contribution is -2.24. The van der Waals surface area contributed by atoms with E-state index >= 15 is 0 Å². The molecule has 0 amide bonds. The van der Waals surface area contributed by atoms with Gasteiger partial charge in [-0.15, -0.1) is 0 Å². The largest absolute Gasteiger partial charge is 0.493 e. The fourth-order valence-electron chi connectivity index (χ4n) is 3.01. The van der Waals surface area contributed by atoms with Crippen molar-refractivity contribution in [1.29, 1.82) is 0 Å². The van der Waals surface area contributed by atoms with Crippen LogP contribution in [0.25, 0.3) is 0 Å². The molecule has 1 unspecified atom stereocenters. The molecule has 1 saturated heterocycles. The molecule has 4 heteroatoms. The van der Waals surface area contributed by atoms with E-state index in [0.717, 1.165) is 42.8 Å². The summed E-state index contributed by atoms with van der Waals surface area (Å²) < 4.78 is 13.0. The molecule has 20 heavy (non-hydrogen) atoms. The molecule has 1 atom stereocenters. The van der Waals surface area contributed by atoms with Gasteiger partial charge in [0.2, 0.25) is 0 Å². The summed E-state index contributed by atoms with van der Waals surface area (Å²) in [6, 6.07) is 6.26. The Morgan fingerprint density at radius 2 is 2.10 bits per heavy atom. The Morgan fingerprint density at radius 1 is 1.25 bits per heavy atom. The summed E-state index contributed by atoms with van der Waals surface area (Å²) in [6.07, 6.45) is 4.97. The van der Waals surface area contributed by atoms with Crippen LogP contribution in [0.1, 0.15) is 37.4 Å². The van der Waals surface area contributed by atoms with Crippen LogP contribution in [0.5, 0.6) is 5.75 Å². The molecule has 1 aromatic rings. The van der Waals surface area contributed by atoms with Gasteiger partial charge in [-0.1, -0.05) is 22.0 Å². The number of halogens is 1. The van der Waals surface area contributed by atoms with E-state index in [0.29, 0.717) is 0 Å². The summed E-state index contributed by atoms with van der Waals surface area (Å²) in [5.41, 5.74) is 1.20. The molecule has 1 fully saturated rings. The second-order valence-corrected chi connectivity index (χ2v) is 6.50. The third kappa shape index (κ3) is 3.54. The van der Waals surface area contributed by atoms with Gasteiger partial charge in [0.1, 0.15) is 5.75 Å². The van der Waals surface area contributed by atoms with Crippen molar-refractivity contribution in [1.82, 2.24) is 4.90 Å². The van der Waals surface area contributed by atoms with Gasteiger partial charge in [0.25, 0.3) is 0 Å². The number of rotatable bonds is 4. The van der Waals surface area contributed by atoms with E-state index in [2.05, 4.69) is 39.0 Å². The fourth-order valence-corrected chi connectivity index (χ4v) is 3.35. The summed E-state index contributed by atoms with van der Waals surface area (Å²) in [7, 11) is 0. The van der Waals surface area contributed by atoms with Crippen molar-refractivity contribution in [3.63, 3.8) is 0 Å². The normalized spacial score (nSPS) is 23.1. The molecule has 0 saturated carbocycles. The SMILES string of the molecule is Brc1ccc2c(c1)OCCCC2OCCN1CCCC1. The van der Waals surface area contributed by atoms with Crippen molar-refractivity contribution in [3.8, 4) is 5.75 Å². The maximum atomic E-state index is 6.15. The Kier molecular flexibility index (Phi) is 4.97. The zero-order valence-electron chi connectivity index (χ0n) is 11.8. The molecule has 0 aliphatic carbocycles. The van der Waals surface area contributed by atoms with Gasteiger partial charge in [0.05, 0.1) is 19.3 Å². The highest BCUT2D eigenvalue weighted by Crippen LogP contribution is 2.35. The number of ether oxygens (including phenoxy) is 2. The molecule has 2 aliphatic rings. The predicted octanol–water partition coefficient (Wildman–Crippen LogP) is 3.78. The predicted molar refractivity (Wildman–Crippen MR) is 83.2 cm³/mol. The second-order valence-electron chi connectivity index (χ2n) is 5.58. The number of benzene rings is 1. The average molecular weight is 340 g/mol. The second kappa shape index (κ2) is 6.92. The molecule has 3 nitrogen and oxygen atoms in total. The van der Waals surface area contributed by atoms with E-state index < -0.39 is 0 Å². The van der Waals surface area contributed by atoms with Gasteiger partial charge >= 0.3 is 0 Å². The lowest BCUT2D eigenvalue weighted by Gasteiger charge is -2.20. The molecule has 0 aromatic heterocycles. The van der Waals surface area contributed by atoms with Crippen LogP contribution in [0.4, 0.5) is 0 Å². The highest BCUT2D eigenvalue weighted by Gasteiger charge is 2.21. The third-order valence-corrected chi connectivity index (χ3v) is 4.61. The molecule has 0 N–H and O–H groups in total. The van der Waals surface area contributed by atoms with Crippen molar-refractivity contribution in [2.24, 2.45) is 0 Å². The first-order valence-electron chi connectivity index (χ1n) is 7.59. The number of likely N-dealkylation sites (tertiary alicyclic amines) is 1. The van der Waals surface area contributed by atoms with E-state index in [1.165, 1.54) is 31.5 Å². The van der Waals surface area contributed by atoms with Crippen LogP contribution in [0, 0.1) is 0 Å². The van der Waals surface area contributed by atoms with Crippen LogP contribution >= 0.6 is 15.9 Å². The van der Waals surface area contributed by atoms with Crippen molar-refractivity contribution < 1.29 is 9.47 Å². The molecular formula is C16H22BrNO2. The minimum atomic E-state index is 0.184. The highest BCUT2D eigenvalue weighted by atomic mass is 79.9. The van der Waals surface area contributed by atoms with Gasteiger partial charge < -0.3 is 14.4 Å². The van der Waals surface area contributed by atoms with Crippen LogP contribution < -0.4 is 4.74 Å². The van der Waals surface area contributed by atoms with Gasteiger partial charge in [-0.2, -0.15) is 0 Å². The maximum absolute atomic E-state index is 6.15. The monoisotopic (exact) mass is 339 g/mol. The zero-order chi connectivity index (χ0) is 13.8. The van der Waals surface area contributed by atoms with E-state index in [-0.39, 0.29) is 6.10 Å². The minimum Gasteiger partial charge on any atom is -0.493 e. The van der Waals surface area contributed by atoms with Crippen LogP contribution in [0.3, 0.4) is 0 Å².